The summed E-state index contributed by atoms with van der Waals surface area (Å²) >= 11 is 0. The molecule has 1 aromatic heterocycles. The van der Waals surface area contributed by atoms with Gasteiger partial charge in [0.2, 0.25) is 0 Å². The highest BCUT2D eigenvalue weighted by atomic mass is 14.7. The number of benzene rings is 5. The molecule has 0 saturated carbocycles. The minimum absolute atomic E-state index is 0.854. The van der Waals surface area contributed by atoms with E-state index in [-0.39, 0.29) is 0 Å². The van der Waals surface area contributed by atoms with Crippen LogP contribution in [-0.2, 0) is 6.42 Å². The standard InChI is InChI=1S/C31H22N2/c32-31-24(21-14-15-29-26(16-21)23-12-6-7-13-28(23)33-29)18-25-22-11-5-4-10-20(22)17-27(25)30(31)19-8-2-1-3-9-19/h1-16,18,33H,17,32H2. The molecule has 2 heteroatoms. The van der Waals surface area contributed by atoms with Gasteiger partial charge in [-0.25, -0.2) is 0 Å². The molecule has 1 aliphatic rings. The molecule has 33 heavy (non-hydrogen) atoms. The van der Waals surface area contributed by atoms with Crippen molar-refractivity contribution in [3.8, 4) is 33.4 Å². The van der Waals surface area contributed by atoms with Crippen molar-refractivity contribution in [3.05, 3.63) is 114 Å². The molecule has 0 saturated heterocycles. The Morgan fingerprint density at radius 1 is 0.576 bits per heavy atom. The third-order valence-electron chi connectivity index (χ3n) is 7.03. The van der Waals surface area contributed by atoms with Crippen molar-refractivity contribution < 1.29 is 0 Å². The molecule has 0 spiro atoms. The van der Waals surface area contributed by atoms with E-state index in [1.165, 1.54) is 44.2 Å². The molecule has 0 bridgehead atoms. The van der Waals surface area contributed by atoms with Gasteiger partial charge in [-0.3, -0.25) is 0 Å². The van der Waals surface area contributed by atoms with Gasteiger partial charge < -0.3 is 10.7 Å². The molecule has 3 N–H and O–H groups in total. The van der Waals surface area contributed by atoms with E-state index in [2.05, 4.69) is 108 Å². The summed E-state index contributed by atoms with van der Waals surface area (Å²) in [5, 5.41) is 2.47. The van der Waals surface area contributed by atoms with Gasteiger partial charge in [-0.2, -0.15) is 0 Å². The van der Waals surface area contributed by atoms with Crippen LogP contribution in [0.2, 0.25) is 0 Å². The first-order valence-electron chi connectivity index (χ1n) is 11.4. The molecule has 0 aliphatic heterocycles. The van der Waals surface area contributed by atoms with E-state index < -0.39 is 0 Å². The monoisotopic (exact) mass is 422 g/mol. The van der Waals surface area contributed by atoms with Gasteiger partial charge >= 0.3 is 0 Å². The smallest absolute Gasteiger partial charge is 0.0476 e. The Morgan fingerprint density at radius 3 is 2.24 bits per heavy atom. The summed E-state index contributed by atoms with van der Waals surface area (Å²) in [5.74, 6) is 0. The number of hydrogen-bond donors (Lipinski definition) is 2. The Morgan fingerprint density at radius 2 is 1.33 bits per heavy atom. The molecule has 0 fully saturated rings. The highest BCUT2D eigenvalue weighted by Crippen LogP contribution is 2.48. The molecule has 2 nitrogen and oxygen atoms in total. The molecule has 0 radical (unpaired) electrons. The number of H-pyrrole nitrogens is 1. The molecule has 5 aromatic carbocycles. The maximum absolute atomic E-state index is 6.98. The zero-order chi connectivity index (χ0) is 21.9. The van der Waals surface area contributed by atoms with Crippen LogP contribution < -0.4 is 5.73 Å². The third kappa shape index (κ3) is 2.68. The SMILES string of the molecule is Nc1c(-c2ccc3[nH]c4ccccc4c3c2)cc2c(c1-c1ccccc1)Cc1ccccc1-2. The Kier molecular flexibility index (Phi) is 3.80. The van der Waals surface area contributed by atoms with Gasteiger partial charge in [-0.05, 0) is 64.1 Å². The van der Waals surface area contributed by atoms with Crippen LogP contribution in [0.3, 0.4) is 0 Å². The van der Waals surface area contributed by atoms with Gasteiger partial charge in [0.1, 0.15) is 0 Å². The highest BCUT2D eigenvalue weighted by molar-refractivity contribution is 6.09. The molecule has 0 atom stereocenters. The van der Waals surface area contributed by atoms with Crippen LogP contribution in [0.4, 0.5) is 5.69 Å². The topological polar surface area (TPSA) is 41.8 Å². The van der Waals surface area contributed by atoms with Gasteiger partial charge in [0.05, 0.1) is 0 Å². The number of aromatic nitrogens is 1. The summed E-state index contributed by atoms with van der Waals surface area (Å²) in [7, 11) is 0. The molecule has 1 aliphatic carbocycles. The predicted octanol–water partition coefficient (Wildman–Crippen LogP) is 7.81. The van der Waals surface area contributed by atoms with Crippen LogP contribution in [0.25, 0.3) is 55.2 Å². The summed E-state index contributed by atoms with van der Waals surface area (Å²) in [6.07, 6.45) is 0.918. The molecule has 6 aromatic rings. The Hall–Kier alpha value is -4.30. The second-order valence-corrected chi connectivity index (χ2v) is 8.87. The highest BCUT2D eigenvalue weighted by Gasteiger charge is 2.25. The number of fused-ring (bicyclic) bond motifs is 6. The van der Waals surface area contributed by atoms with Gasteiger partial charge in [0.25, 0.3) is 0 Å². The zero-order valence-corrected chi connectivity index (χ0v) is 18.1. The van der Waals surface area contributed by atoms with Crippen molar-refractivity contribution >= 4 is 27.5 Å². The van der Waals surface area contributed by atoms with Crippen molar-refractivity contribution in [2.75, 3.05) is 5.73 Å². The number of para-hydroxylation sites is 1. The lowest BCUT2D eigenvalue weighted by Crippen LogP contribution is -1.99. The van der Waals surface area contributed by atoms with Gasteiger partial charge in [-0.1, -0.05) is 78.9 Å². The Balaban J connectivity index is 1.53. The number of aromatic amines is 1. The van der Waals surface area contributed by atoms with Crippen LogP contribution in [-0.4, -0.2) is 4.98 Å². The maximum Gasteiger partial charge on any atom is 0.0476 e. The Bertz CT molecular complexity index is 1690. The molecule has 156 valence electrons. The van der Waals surface area contributed by atoms with Gasteiger partial charge in [0, 0.05) is 38.6 Å². The summed E-state index contributed by atoms with van der Waals surface area (Å²) in [6.45, 7) is 0. The van der Waals surface area contributed by atoms with Crippen molar-refractivity contribution in [3.63, 3.8) is 0 Å². The van der Waals surface area contributed by atoms with Gasteiger partial charge in [0.15, 0.2) is 0 Å². The normalized spacial score (nSPS) is 12.2. The van der Waals surface area contributed by atoms with Crippen LogP contribution in [0.15, 0.2) is 103 Å². The Labute approximate surface area is 192 Å². The first kappa shape index (κ1) is 18.3. The zero-order valence-electron chi connectivity index (χ0n) is 18.1. The first-order chi connectivity index (χ1) is 16.3. The summed E-state index contributed by atoms with van der Waals surface area (Å²) in [6, 6.07) is 36.7. The first-order valence-corrected chi connectivity index (χ1v) is 11.4. The lowest BCUT2D eigenvalue weighted by Gasteiger charge is -2.17. The van der Waals surface area contributed by atoms with E-state index in [9.17, 15) is 0 Å². The number of nitrogens with two attached hydrogens (primary N) is 1. The number of anilines is 1. The lowest BCUT2D eigenvalue weighted by atomic mass is 9.88. The van der Waals surface area contributed by atoms with Crippen LogP contribution in [0.5, 0.6) is 0 Å². The van der Waals surface area contributed by atoms with Crippen molar-refractivity contribution in [2.24, 2.45) is 0 Å². The fourth-order valence-corrected chi connectivity index (χ4v) is 5.48. The second kappa shape index (κ2) is 6.85. The van der Waals surface area contributed by atoms with Crippen molar-refractivity contribution in [2.45, 2.75) is 6.42 Å². The van der Waals surface area contributed by atoms with Crippen LogP contribution in [0.1, 0.15) is 11.1 Å². The average molecular weight is 423 g/mol. The largest absolute Gasteiger partial charge is 0.398 e. The van der Waals surface area contributed by atoms with Crippen LogP contribution in [0, 0.1) is 0 Å². The fraction of sp³-hybridized carbons (Fsp3) is 0.0323. The molecular weight excluding hydrogens is 400 g/mol. The van der Waals surface area contributed by atoms with E-state index in [4.69, 9.17) is 5.73 Å². The summed E-state index contributed by atoms with van der Waals surface area (Å²) in [4.78, 5) is 3.53. The second-order valence-electron chi connectivity index (χ2n) is 8.87. The summed E-state index contributed by atoms with van der Waals surface area (Å²) < 4.78 is 0. The maximum atomic E-state index is 6.98. The van der Waals surface area contributed by atoms with Crippen molar-refractivity contribution in [1.29, 1.82) is 0 Å². The van der Waals surface area contributed by atoms with Gasteiger partial charge in [-0.15, -0.1) is 0 Å². The molecular formula is C31H22N2. The van der Waals surface area contributed by atoms with E-state index in [0.29, 0.717) is 0 Å². The minimum Gasteiger partial charge on any atom is -0.398 e. The lowest BCUT2D eigenvalue weighted by molar-refractivity contribution is 1.26. The quantitative estimate of drug-likeness (QED) is 0.274. The molecule has 0 amide bonds. The molecule has 1 heterocycles. The minimum atomic E-state index is 0.854. The fourth-order valence-electron chi connectivity index (χ4n) is 5.48. The molecule has 7 rings (SSSR count). The number of hydrogen-bond acceptors (Lipinski definition) is 1. The average Bonchev–Trinajstić information content (AvgIpc) is 3.42. The number of rotatable bonds is 2. The number of nitrogen functional groups attached to an aromatic ring is 1. The summed E-state index contributed by atoms with van der Waals surface area (Å²) in [5.41, 5.74) is 20.0. The predicted molar refractivity (Wildman–Crippen MR) is 139 cm³/mol. The molecule has 0 unspecified atom stereocenters. The van der Waals surface area contributed by atoms with E-state index >= 15 is 0 Å². The van der Waals surface area contributed by atoms with E-state index in [1.807, 2.05) is 0 Å². The third-order valence-corrected chi connectivity index (χ3v) is 7.03. The van der Waals surface area contributed by atoms with E-state index in [1.54, 1.807) is 0 Å². The van der Waals surface area contributed by atoms with Crippen molar-refractivity contribution in [1.82, 2.24) is 4.98 Å². The number of nitrogens with one attached hydrogen (secondary N) is 1. The van der Waals surface area contributed by atoms with Crippen LogP contribution >= 0.6 is 0 Å². The van der Waals surface area contributed by atoms with E-state index in [0.717, 1.165) is 34.3 Å².